The number of benzene rings is 1. The van der Waals surface area contributed by atoms with Crippen molar-refractivity contribution in [1.82, 2.24) is 0 Å². The molecule has 1 unspecified atom stereocenters. The van der Waals surface area contributed by atoms with Gasteiger partial charge in [0, 0.05) is 12.0 Å². The molecule has 0 heterocycles. The van der Waals surface area contributed by atoms with Crippen molar-refractivity contribution < 1.29 is 19.1 Å². The molecule has 0 aliphatic rings. The summed E-state index contributed by atoms with van der Waals surface area (Å²) in [5, 5.41) is 0. The van der Waals surface area contributed by atoms with E-state index in [-0.39, 0.29) is 12.6 Å². The number of ether oxygens (including phenoxy) is 2. The summed E-state index contributed by atoms with van der Waals surface area (Å²) >= 11 is 0. The third kappa shape index (κ3) is 5.42. The van der Waals surface area contributed by atoms with Gasteiger partial charge < -0.3 is 9.47 Å². The highest BCUT2D eigenvalue weighted by atomic mass is 16.6. The highest BCUT2D eigenvalue weighted by Gasteiger charge is 2.27. The van der Waals surface area contributed by atoms with Crippen LogP contribution < -0.4 is 0 Å². The Kier molecular flexibility index (Phi) is 6.15. The summed E-state index contributed by atoms with van der Waals surface area (Å²) in [6.07, 6.45) is 1.08. The Labute approximate surface area is 125 Å². The lowest BCUT2D eigenvalue weighted by Gasteiger charge is -2.28. The van der Waals surface area contributed by atoms with Crippen LogP contribution in [0.2, 0.25) is 0 Å². The van der Waals surface area contributed by atoms with E-state index >= 15 is 0 Å². The zero-order valence-electron chi connectivity index (χ0n) is 12.8. The Morgan fingerprint density at radius 1 is 1.24 bits per heavy atom. The quantitative estimate of drug-likeness (QED) is 0.569. The molecule has 0 aliphatic heterocycles. The molecule has 114 valence electrons. The van der Waals surface area contributed by atoms with E-state index in [0.29, 0.717) is 24.0 Å². The minimum Gasteiger partial charge on any atom is -0.462 e. The maximum atomic E-state index is 11.8. The number of hydrogen-bond acceptors (Lipinski definition) is 4. The molecule has 0 spiro atoms. The van der Waals surface area contributed by atoms with Crippen LogP contribution in [0.3, 0.4) is 0 Å². The van der Waals surface area contributed by atoms with Crippen LogP contribution in [0.4, 0.5) is 0 Å². The van der Waals surface area contributed by atoms with Crippen LogP contribution in [0, 0.1) is 0 Å². The van der Waals surface area contributed by atoms with Gasteiger partial charge >= 0.3 is 11.9 Å². The van der Waals surface area contributed by atoms with Crippen LogP contribution in [0.5, 0.6) is 0 Å². The molecular formula is C17H22O4. The summed E-state index contributed by atoms with van der Waals surface area (Å²) in [6.45, 7) is 9.11. The van der Waals surface area contributed by atoms with Crippen LogP contribution >= 0.6 is 0 Å². The van der Waals surface area contributed by atoms with Gasteiger partial charge in [-0.15, -0.1) is 0 Å². The lowest BCUT2D eigenvalue weighted by atomic mass is 9.99. The molecule has 1 atom stereocenters. The molecule has 1 rings (SSSR count). The lowest BCUT2D eigenvalue weighted by Crippen LogP contribution is -2.33. The van der Waals surface area contributed by atoms with Crippen molar-refractivity contribution in [2.24, 2.45) is 0 Å². The van der Waals surface area contributed by atoms with Crippen molar-refractivity contribution in [2.75, 3.05) is 6.61 Å². The van der Waals surface area contributed by atoms with Crippen molar-refractivity contribution >= 4 is 11.9 Å². The molecule has 0 saturated heterocycles. The maximum absolute atomic E-state index is 11.8. The van der Waals surface area contributed by atoms with Gasteiger partial charge in [0.2, 0.25) is 0 Å². The molecule has 21 heavy (non-hydrogen) atoms. The van der Waals surface area contributed by atoms with Crippen LogP contribution in [-0.2, 0) is 14.3 Å². The van der Waals surface area contributed by atoms with E-state index in [0.717, 1.165) is 0 Å². The summed E-state index contributed by atoms with van der Waals surface area (Å²) in [5.41, 5.74) is 0.207. The first kappa shape index (κ1) is 17.0. The number of carbonyl (C=O) groups is 2. The van der Waals surface area contributed by atoms with E-state index in [9.17, 15) is 9.59 Å². The van der Waals surface area contributed by atoms with Gasteiger partial charge in [-0.05, 0) is 32.4 Å². The summed E-state index contributed by atoms with van der Waals surface area (Å²) in [6, 6.07) is 8.79. The van der Waals surface area contributed by atoms with E-state index in [4.69, 9.17) is 9.47 Å². The summed E-state index contributed by atoms with van der Waals surface area (Å²) in [4.78, 5) is 23.4. The average molecular weight is 290 g/mol. The molecule has 0 aromatic heterocycles. The van der Waals surface area contributed by atoms with Gasteiger partial charge in [0.1, 0.15) is 5.60 Å². The molecule has 4 heteroatoms. The van der Waals surface area contributed by atoms with Gasteiger partial charge in [-0.1, -0.05) is 31.7 Å². The normalized spacial score (nSPS) is 13.1. The Bertz CT molecular complexity index is 507. The van der Waals surface area contributed by atoms with E-state index in [1.165, 1.54) is 0 Å². The van der Waals surface area contributed by atoms with Crippen molar-refractivity contribution in [3.05, 3.63) is 48.0 Å². The monoisotopic (exact) mass is 290 g/mol. The van der Waals surface area contributed by atoms with Crippen molar-refractivity contribution in [2.45, 2.75) is 39.2 Å². The minimum absolute atomic E-state index is 0.196. The van der Waals surface area contributed by atoms with Crippen LogP contribution in [0.1, 0.15) is 44.0 Å². The fraction of sp³-hybridized carbons (Fsp3) is 0.412. The Morgan fingerprint density at radius 3 is 2.38 bits per heavy atom. The first-order valence-corrected chi connectivity index (χ1v) is 6.99. The molecule has 1 aromatic rings. The van der Waals surface area contributed by atoms with Gasteiger partial charge in [0.15, 0.2) is 0 Å². The molecule has 0 saturated carbocycles. The second-order valence-corrected chi connectivity index (χ2v) is 5.23. The number of esters is 2. The molecule has 0 N–H and O–H groups in total. The standard InChI is InChI=1S/C17H22O4/c1-5-17(4,21-15(18)13(2)3)11-12-20-16(19)14-9-7-6-8-10-14/h6-10H,2,5,11-12H2,1,3-4H3. The third-order valence-electron chi connectivity index (χ3n) is 3.31. The van der Waals surface area contributed by atoms with E-state index < -0.39 is 11.6 Å². The summed E-state index contributed by atoms with van der Waals surface area (Å²) in [5.74, 6) is -0.797. The van der Waals surface area contributed by atoms with Crippen LogP contribution in [0.15, 0.2) is 42.5 Å². The first-order chi connectivity index (χ1) is 9.88. The van der Waals surface area contributed by atoms with Crippen molar-refractivity contribution in [3.63, 3.8) is 0 Å². The number of hydrogen-bond donors (Lipinski definition) is 0. The molecule has 0 amide bonds. The molecule has 1 aromatic carbocycles. The summed E-state index contributed by atoms with van der Waals surface area (Å²) in [7, 11) is 0. The van der Waals surface area contributed by atoms with Crippen molar-refractivity contribution in [3.8, 4) is 0 Å². The van der Waals surface area contributed by atoms with Crippen molar-refractivity contribution in [1.29, 1.82) is 0 Å². The summed E-state index contributed by atoms with van der Waals surface area (Å²) < 4.78 is 10.6. The largest absolute Gasteiger partial charge is 0.462 e. The van der Waals surface area contributed by atoms with E-state index in [2.05, 4.69) is 6.58 Å². The highest BCUT2D eigenvalue weighted by molar-refractivity contribution is 5.89. The molecule has 0 radical (unpaired) electrons. The fourth-order valence-corrected chi connectivity index (χ4v) is 1.63. The predicted molar refractivity (Wildman–Crippen MR) is 80.9 cm³/mol. The molecule has 4 nitrogen and oxygen atoms in total. The number of carbonyl (C=O) groups excluding carboxylic acids is 2. The Morgan fingerprint density at radius 2 is 1.86 bits per heavy atom. The van der Waals surface area contributed by atoms with Gasteiger partial charge in [0.05, 0.1) is 12.2 Å². The topological polar surface area (TPSA) is 52.6 Å². The third-order valence-corrected chi connectivity index (χ3v) is 3.31. The van der Waals surface area contributed by atoms with Gasteiger partial charge in [-0.25, -0.2) is 9.59 Å². The molecular weight excluding hydrogens is 268 g/mol. The van der Waals surface area contributed by atoms with Crippen LogP contribution in [0.25, 0.3) is 0 Å². The van der Waals surface area contributed by atoms with Gasteiger partial charge in [-0.3, -0.25) is 0 Å². The minimum atomic E-state index is -0.660. The predicted octanol–water partition coefficient (Wildman–Crippen LogP) is 3.52. The second-order valence-electron chi connectivity index (χ2n) is 5.23. The highest BCUT2D eigenvalue weighted by Crippen LogP contribution is 2.21. The lowest BCUT2D eigenvalue weighted by molar-refractivity contribution is -0.154. The van der Waals surface area contributed by atoms with Crippen LogP contribution in [-0.4, -0.2) is 24.1 Å². The second kappa shape index (κ2) is 7.62. The zero-order valence-corrected chi connectivity index (χ0v) is 12.8. The number of rotatable bonds is 7. The zero-order chi connectivity index (χ0) is 15.9. The smallest absolute Gasteiger partial charge is 0.338 e. The SMILES string of the molecule is C=C(C)C(=O)OC(C)(CC)CCOC(=O)c1ccccc1. The van der Waals surface area contributed by atoms with E-state index in [1.54, 1.807) is 31.2 Å². The average Bonchev–Trinajstić information content (AvgIpc) is 2.47. The first-order valence-electron chi connectivity index (χ1n) is 6.99. The maximum Gasteiger partial charge on any atom is 0.338 e. The molecule has 0 aliphatic carbocycles. The van der Waals surface area contributed by atoms with Gasteiger partial charge in [-0.2, -0.15) is 0 Å². The Hall–Kier alpha value is -2.10. The van der Waals surface area contributed by atoms with E-state index in [1.807, 2.05) is 19.9 Å². The molecule has 0 fully saturated rings. The molecule has 0 bridgehead atoms. The Balaban J connectivity index is 2.50. The fourth-order valence-electron chi connectivity index (χ4n) is 1.63. The van der Waals surface area contributed by atoms with Gasteiger partial charge in [0.25, 0.3) is 0 Å².